The molecule has 0 saturated carbocycles. The third-order valence-electron chi connectivity index (χ3n) is 1.93. The molecular weight excluding hydrogens is 212 g/mol. The molecule has 17 heavy (non-hydrogen) atoms. The van der Waals surface area contributed by atoms with Crippen LogP contribution < -0.4 is 0 Å². The average Bonchev–Trinajstić information content (AvgIpc) is 2.28. The molecule has 0 bridgehead atoms. The Morgan fingerprint density at radius 2 is 1.94 bits per heavy atom. The number of unbranched alkanes of at least 4 members (excludes halogenated alkanes) is 2. The molecule has 0 aromatic heterocycles. The predicted molar refractivity (Wildman–Crippen MR) is 72.6 cm³/mol. The van der Waals surface area contributed by atoms with E-state index < -0.39 is 0 Å². The van der Waals surface area contributed by atoms with Gasteiger partial charge in [-0.25, -0.2) is 0 Å². The maximum Gasteiger partial charge on any atom is 0.222 e. The fraction of sp³-hybridized carbons (Fsp3) is 0.600. The maximum atomic E-state index is 5.32. The predicted octanol–water partition coefficient (Wildman–Crippen LogP) is 3.69. The number of ether oxygens (including phenoxy) is 2. The highest BCUT2D eigenvalue weighted by atomic mass is 16.7. The van der Waals surface area contributed by atoms with Gasteiger partial charge in [0, 0.05) is 19.6 Å². The molecule has 0 amide bonds. The van der Waals surface area contributed by atoms with Crippen molar-refractivity contribution in [3.8, 4) is 11.8 Å². The summed E-state index contributed by atoms with van der Waals surface area (Å²) in [5.74, 6) is 6.07. The Balaban J connectivity index is 3.73. The van der Waals surface area contributed by atoms with Crippen LogP contribution in [0, 0.1) is 11.8 Å². The quantitative estimate of drug-likeness (QED) is 0.277. The summed E-state index contributed by atoms with van der Waals surface area (Å²) in [6, 6.07) is 0. The van der Waals surface area contributed by atoms with E-state index in [9.17, 15) is 0 Å². The van der Waals surface area contributed by atoms with Crippen molar-refractivity contribution in [2.45, 2.75) is 46.3 Å². The van der Waals surface area contributed by atoms with E-state index in [1.54, 1.807) is 0 Å². The fourth-order valence-corrected chi connectivity index (χ4v) is 1.18. The Hall–Kier alpha value is -1.04. The largest absolute Gasteiger partial charge is 0.342 e. The lowest BCUT2D eigenvalue weighted by atomic mass is 10.2. The number of hydrogen-bond donors (Lipinski definition) is 0. The van der Waals surface area contributed by atoms with Crippen molar-refractivity contribution in [1.82, 2.24) is 0 Å². The topological polar surface area (TPSA) is 18.5 Å². The highest BCUT2D eigenvalue weighted by Crippen LogP contribution is 1.99. The maximum absolute atomic E-state index is 5.32. The van der Waals surface area contributed by atoms with Crippen molar-refractivity contribution in [3.63, 3.8) is 0 Å². The van der Waals surface area contributed by atoms with Gasteiger partial charge < -0.3 is 9.47 Å². The highest BCUT2D eigenvalue weighted by molar-refractivity contribution is 5.10. The minimum absolute atomic E-state index is 0.365. The van der Waals surface area contributed by atoms with Crippen LogP contribution in [0.5, 0.6) is 0 Å². The standard InChI is InChI=1S/C15H24O2/c1-5-16-15(17-6-2)13-11-9-7-8-10-12-14(3)4/h10,12,15H,3,5-9H2,1-2,4H3/b12-10+. The van der Waals surface area contributed by atoms with E-state index in [1.807, 2.05) is 26.8 Å². The van der Waals surface area contributed by atoms with Gasteiger partial charge in [-0.05, 0) is 39.5 Å². The summed E-state index contributed by atoms with van der Waals surface area (Å²) in [6.07, 6.45) is 6.77. The second kappa shape index (κ2) is 11.4. The molecule has 0 aliphatic carbocycles. The van der Waals surface area contributed by atoms with Crippen LogP contribution in [0.15, 0.2) is 24.3 Å². The van der Waals surface area contributed by atoms with Gasteiger partial charge in [0.05, 0.1) is 0 Å². The van der Waals surface area contributed by atoms with Crippen LogP contribution in [-0.2, 0) is 9.47 Å². The van der Waals surface area contributed by atoms with Gasteiger partial charge in [0.15, 0.2) is 0 Å². The van der Waals surface area contributed by atoms with Gasteiger partial charge in [-0.1, -0.05) is 30.2 Å². The molecule has 96 valence electrons. The smallest absolute Gasteiger partial charge is 0.222 e. The van der Waals surface area contributed by atoms with Crippen molar-refractivity contribution < 1.29 is 9.47 Å². The van der Waals surface area contributed by atoms with Crippen molar-refractivity contribution >= 4 is 0 Å². The first-order valence-corrected chi connectivity index (χ1v) is 6.24. The van der Waals surface area contributed by atoms with Crippen molar-refractivity contribution in [2.24, 2.45) is 0 Å². The number of rotatable bonds is 8. The van der Waals surface area contributed by atoms with Gasteiger partial charge in [0.25, 0.3) is 0 Å². The van der Waals surface area contributed by atoms with Crippen LogP contribution in [0.1, 0.15) is 40.0 Å². The Bertz CT molecular complexity index is 275. The molecule has 0 heterocycles. The minimum Gasteiger partial charge on any atom is -0.342 e. The van der Waals surface area contributed by atoms with Crippen LogP contribution in [0.4, 0.5) is 0 Å². The van der Waals surface area contributed by atoms with Crippen molar-refractivity contribution in [2.75, 3.05) is 13.2 Å². The van der Waals surface area contributed by atoms with E-state index in [4.69, 9.17) is 9.47 Å². The van der Waals surface area contributed by atoms with E-state index in [0.29, 0.717) is 13.2 Å². The van der Waals surface area contributed by atoms with Gasteiger partial charge in [-0.3, -0.25) is 0 Å². The third kappa shape index (κ3) is 11.2. The van der Waals surface area contributed by atoms with E-state index in [2.05, 4.69) is 24.5 Å². The van der Waals surface area contributed by atoms with Crippen molar-refractivity contribution in [3.05, 3.63) is 24.3 Å². The summed E-state index contributed by atoms with van der Waals surface area (Å²) >= 11 is 0. The molecule has 0 N–H and O–H groups in total. The molecule has 0 rings (SSSR count). The molecule has 0 aliphatic heterocycles. The van der Waals surface area contributed by atoms with Gasteiger partial charge in [-0.2, -0.15) is 0 Å². The molecule has 0 fully saturated rings. The summed E-state index contributed by atoms with van der Waals surface area (Å²) in [4.78, 5) is 0. The molecule has 0 atom stereocenters. The Kier molecular flexibility index (Phi) is 10.7. The fourth-order valence-electron chi connectivity index (χ4n) is 1.18. The zero-order chi connectivity index (χ0) is 12.9. The number of hydrogen-bond acceptors (Lipinski definition) is 2. The van der Waals surface area contributed by atoms with Gasteiger partial charge in [-0.15, -0.1) is 0 Å². The molecule has 0 radical (unpaired) electrons. The first kappa shape index (κ1) is 16.0. The van der Waals surface area contributed by atoms with Crippen LogP contribution >= 0.6 is 0 Å². The van der Waals surface area contributed by atoms with E-state index in [-0.39, 0.29) is 6.29 Å². The zero-order valence-corrected chi connectivity index (χ0v) is 11.3. The second-order valence-corrected chi connectivity index (χ2v) is 3.70. The van der Waals surface area contributed by atoms with Crippen LogP contribution in [-0.4, -0.2) is 19.5 Å². The van der Waals surface area contributed by atoms with E-state index in [1.165, 1.54) is 0 Å². The van der Waals surface area contributed by atoms with Crippen molar-refractivity contribution in [1.29, 1.82) is 0 Å². The van der Waals surface area contributed by atoms with Gasteiger partial charge in [0.2, 0.25) is 6.29 Å². The van der Waals surface area contributed by atoms with Crippen LogP contribution in [0.25, 0.3) is 0 Å². The minimum atomic E-state index is -0.365. The lowest BCUT2D eigenvalue weighted by Crippen LogP contribution is -2.14. The summed E-state index contributed by atoms with van der Waals surface area (Å²) in [5, 5.41) is 0. The normalized spacial score (nSPS) is 10.6. The first-order chi connectivity index (χ1) is 8.20. The second-order valence-electron chi connectivity index (χ2n) is 3.70. The molecule has 0 aliphatic rings. The lowest BCUT2D eigenvalue weighted by molar-refractivity contribution is -0.0970. The Morgan fingerprint density at radius 3 is 2.47 bits per heavy atom. The van der Waals surface area contributed by atoms with E-state index >= 15 is 0 Å². The summed E-state index contributed by atoms with van der Waals surface area (Å²) in [5.41, 5.74) is 1.09. The summed E-state index contributed by atoms with van der Waals surface area (Å²) < 4.78 is 10.6. The summed E-state index contributed by atoms with van der Waals surface area (Å²) in [7, 11) is 0. The summed E-state index contributed by atoms with van der Waals surface area (Å²) in [6.45, 7) is 10.9. The molecule has 0 saturated heterocycles. The van der Waals surface area contributed by atoms with Gasteiger partial charge >= 0.3 is 0 Å². The SMILES string of the molecule is C=C(C)/C=C/CCCC#CC(OCC)OCC. The van der Waals surface area contributed by atoms with E-state index in [0.717, 1.165) is 24.8 Å². The molecule has 2 nitrogen and oxygen atoms in total. The molecule has 0 unspecified atom stereocenters. The van der Waals surface area contributed by atoms with Crippen LogP contribution in [0.2, 0.25) is 0 Å². The molecule has 0 aromatic carbocycles. The number of allylic oxidation sites excluding steroid dienone is 3. The first-order valence-electron chi connectivity index (χ1n) is 6.24. The molecule has 2 heteroatoms. The van der Waals surface area contributed by atoms with Crippen LogP contribution in [0.3, 0.4) is 0 Å². The lowest BCUT2D eigenvalue weighted by Gasteiger charge is -2.09. The molecular formula is C15H24O2. The monoisotopic (exact) mass is 236 g/mol. The zero-order valence-electron chi connectivity index (χ0n) is 11.3. The van der Waals surface area contributed by atoms with Gasteiger partial charge in [0.1, 0.15) is 0 Å². The molecule has 0 aromatic rings. The highest BCUT2D eigenvalue weighted by Gasteiger charge is 2.00. The molecule has 0 spiro atoms. The third-order valence-corrected chi connectivity index (χ3v) is 1.93. The Labute approximate surface area is 106 Å². The Morgan fingerprint density at radius 1 is 1.29 bits per heavy atom. The average molecular weight is 236 g/mol.